The fourth-order valence-corrected chi connectivity index (χ4v) is 4.08. The highest BCUT2D eigenvalue weighted by Gasteiger charge is 2.17. The summed E-state index contributed by atoms with van der Waals surface area (Å²) in [6.07, 6.45) is 7.71. The fourth-order valence-electron chi connectivity index (χ4n) is 4.08. The Bertz CT molecular complexity index is 1320. The van der Waals surface area contributed by atoms with E-state index in [9.17, 15) is 0 Å². The molecule has 3 heteroatoms. The van der Waals surface area contributed by atoms with E-state index >= 15 is 0 Å². The van der Waals surface area contributed by atoms with E-state index in [0.29, 0.717) is 11.6 Å². The van der Waals surface area contributed by atoms with Crippen LogP contribution in [-0.4, -0.2) is 18.2 Å². The molecule has 0 bridgehead atoms. The summed E-state index contributed by atoms with van der Waals surface area (Å²) in [4.78, 5) is 8.53. The van der Waals surface area contributed by atoms with Crippen LogP contribution in [0.15, 0.2) is 76.3 Å². The average molecular weight is 409 g/mol. The molecule has 0 unspecified atom stereocenters. The van der Waals surface area contributed by atoms with Gasteiger partial charge in [0, 0.05) is 35.8 Å². The molecule has 0 saturated carbocycles. The van der Waals surface area contributed by atoms with Crippen molar-refractivity contribution >= 4 is 39.4 Å². The maximum atomic E-state index is 6.25. The molecule has 0 aliphatic rings. The van der Waals surface area contributed by atoms with E-state index in [1.54, 1.807) is 13.2 Å². The summed E-state index contributed by atoms with van der Waals surface area (Å²) in [6.45, 7) is 8.74. The number of hydrogen-bond acceptors (Lipinski definition) is 3. The number of aryl methyl sites for hydroxylation is 1. The second kappa shape index (κ2) is 8.73. The predicted octanol–water partition coefficient (Wildman–Crippen LogP) is 7.60. The number of benzene rings is 2. The van der Waals surface area contributed by atoms with Crippen LogP contribution in [0.25, 0.3) is 33.2 Å². The Kier molecular flexibility index (Phi) is 5.85. The minimum absolute atomic E-state index is 0.504. The lowest BCUT2D eigenvalue weighted by molar-refractivity contribution is 0.652. The molecule has 2 heterocycles. The minimum Gasteiger partial charge on any atom is -0.437 e. The number of fused-ring (bicyclic) bond motifs is 3. The van der Waals surface area contributed by atoms with E-state index in [1.807, 2.05) is 18.4 Å². The molecule has 0 fully saturated rings. The maximum absolute atomic E-state index is 6.25. The van der Waals surface area contributed by atoms with Crippen molar-refractivity contribution in [2.75, 3.05) is 7.05 Å². The molecule has 0 aliphatic heterocycles. The number of nitrogens with zero attached hydrogens (tertiary/aromatic N) is 2. The topological polar surface area (TPSA) is 38.4 Å². The van der Waals surface area contributed by atoms with Crippen molar-refractivity contribution in [3.05, 3.63) is 89.1 Å². The molecule has 156 valence electrons. The van der Waals surface area contributed by atoms with Gasteiger partial charge in [0.2, 0.25) is 5.71 Å². The Morgan fingerprint density at radius 3 is 2.52 bits per heavy atom. The predicted molar refractivity (Wildman–Crippen MR) is 133 cm³/mol. The summed E-state index contributed by atoms with van der Waals surface area (Å²) in [6, 6.07) is 17.2. The first-order valence-corrected chi connectivity index (χ1v) is 10.7. The summed E-state index contributed by atoms with van der Waals surface area (Å²) in [5, 5.41) is 2.14. The third-order valence-electron chi connectivity index (χ3n) is 5.79. The summed E-state index contributed by atoms with van der Waals surface area (Å²) in [5.74, 6) is 0.504. The van der Waals surface area contributed by atoms with Crippen LogP contribution in [-0.2, 0) is 0 Å². The van der Waals surface area contributed by atoms with Gasteiger partial charge in [-0.2, -0.15) is 0 Å². The van der Waals surface area contributed by atoms with Crippen LogP contribution in [0.2, 0.25) is 0 Å². The van der Waals surface area contributed by atoms with Crippen LogP contribution in [0, 0.1) is 6.92 Å². The van der Waals surface area contributed by atoms with Crippen molar-refractivity contribution in [3.63, 3.8) is 0 Å². The first-order chi connectivity index (χ1) is 15.0. The zero-order valence-electron chi connectivity index (χ0n) is 18.8. The quantitative estimate of drug-likeness (QED) is 0.194. The summed E-state index contributed by atoms with van der Waals surface area (Å²) in [5.41, 5.74) is 8.69. The van der Waals surface area contributed by atoms with E-state index in [0.717, 1.165) is 27.5 Å². The Morgan fingerprint density at radius 2 is 1.81 bits per heavy atom. The van der Waals surface area contributed by atoms with Gasteiger partial charge in [-0.05, 0) is 65.8 Å². The second-order valence-electron chi connectivity index (χ2n) is 8.17. The molecule has 2 aromatic heterocycles. The van der Waals surface area contributed by atoms with Gasteiger partial charge in [0.05, 0.1) is 0 Å². The summed E-state index contributed by atoms with van der Waals surface area (Å²) >= 11 is 0. The Morgan fingerprint density at radius 1 is 1.03 bits per heavy atom. The Labute approximate surface area is 183 Å². The molecule has 3 nitrogen and oxygen atoms in total. The molecule has 0 spiro atoms. The molecule has 0 amide bonds. The third-order valence-corrected chi connectivity index (χ3v) is 5.79. The monoisotopic (exact) mass is 408 g/mol. The molecular formula is C28H28N2O. The van der Waals surface area contributed by atoms with Gasteiger partial charge in [-0.1, -0.05) is 56.3 Å². The van der Waals surface area contributed by atoms with Crippen molar-refractivity contribution in [3.8, 4) is 0 Å². The molecule has 0 saturated heterocycles. The minimum atomic E-state index is 0.504. The molecule has 0 N–H and O–H groups in total. The third kappa shape index (κ3) is 3.96. The molecule has 2 aromatic carbocycles. The number of aromatic nitrogens is 1. The van der Waals surface area contributed by atoms with Crippen molar-refractivity contribution in [2.45, 2.75) is 33.6 Å². The van der Waals surface area contributed by atoms with Gasteiger partial charge in [-0.3, -0.25) is 4.99 Å². The molecular weight excluding hydrogens is 380 g/mol. The normalized spacial score (nSPS) is 13.2. The molecule has 0 atom stereocenters. The molecule has 31 heavy (non-hydrogen) atoms. The SMILES string of the molecule is C/N=C/C=C\C(=C(/C)c1c(C)ccc2c1oc1ncccc12)c1ccc(C(C)C)cc1. The van der Waals surface area contributed by atoms with Crippen LogP contribution in [0.5, 0.6) is 0 Å². The molecule has 4 rings (SSSR count). The van der Waals surface area contributed by atoms with E-state index in [1.165, 1.54) is 22.3 Å². The van der Waals surface area contributed by atoms with E-state index in [4.69, 9.17) is 4.42 Å². The largest absolute Gasteiger partial charge is 0.437 e. The van der Waals surface area contributed by atoms with E-state index < -0.39 is 0 Å². The van der Waals surface area contributed by atoms with E-state index in [-0.39, 0.29) is 0 Å². The summed E-state index contributed by atoms with van der Waals surface area (Å²) in [7, 11) is 1.78. The van der Waals surface area contributed by atoms with Crippen molar-refractivity contribution in [1.29, 1.82) is 0 Å². The van der Waals surface area contributed by atoms with Crippen LogP contribution < -0.4 is 0 Å². The first-order valence-electron chi connectivity index (χ1n) is 10.7. The van der Waals surface area contributed by atoms with Crippen molar-refractivity contribution < 1.29 is 4.42 Å². The van der Waals surface area contributed by atoms with E-state index in [2.05, 4.69) is 86.2 Å². The molecule has 0 aliphatic carbocycles. The highest BCUT2D eigenvalue weighted by Crippen LogP contribution is 2.38. The van der Waals surface area contributed by atoms with Crippen molar-refractivity contribution in [1.82, 2.24) is 4.98 Å². The number of rotatable bonds is 5. The summed E-state index contributed by atoms with van der Waals surface area (Å²) < 4.78 is 6.25. The van der Waals surface area contributed by atoms with Crippen LogP contribution >= 0.6 is 0 Å². The number of aliphatic imine (C=N–C) groups is 1. The van der Waals surface area contributed by atoms with Gasteiger partial charge < -0.3 is 4.42 Å². The fraction of sp³-hybridized carbons (Fsp3) is 0.214. The second-order valence-corrected chi connectivity index (χ2v) is 8.17. The standard InChI is InChI=1S/C28H28N2O/c1-18(2)21-11-13-22(14-12-21)23(8-6-16-29-5)20(4)26-19(3)10-15-24-25-9-7-17-30-28(25)31-27(24)26/h6-18H,1-5H3/b8-6-,23-20-,29-16+. The van der Waals surface area contributed by atoms with Gasteiger partial charge in [0.25, 0.3) is 0 Å². The van der Waals surface area contributed by atoms with Crippen molar-refractivity contribution in [2.24, 2.45) is 4.99 Å². The van der Waals surface area contributed by atoms with Gasteiger partial charge in [0.1, 0.15) is 5.58 Å². The van der Waals surface area contributed by atoms with Gasteiger partial charge in [-0.25, -0.2) is 4.98 Å². The lowest BCUT2D eigenvalue weighted by atomic mass is 9.90. The van der Waals surface area contributed by atoms with Gasteiger partial charge in [-0.15, -0.1) is 0 Å². The lowest BCUT2D eigenvalue weighted by Crippen LogP contribution is -1.93. The molecule has 4 aromatic rings. The van der Waals surface area contributed by atoms with Crippen LogP contribution in [0.1, 0.15) is 48.9 Å². The maximum Gasteiger partial charge on any atom is 0.227 e. The number of allylic oxidation sites excluding steroid dienone is 4. The van der Waals surface area contributed by atoms with Crippen LogP contribution in [0.3, 0.4) is 0 Å². The number of furan rings is 1. The first kappa shape index (κ1) is 20.8. The number of hydrogen-bond donors (Lipinski definition) is 0. The van der Waals surface area contributed by atoms with Crippen LogP contribution in [0.4, 0.5) is 0 Å². The highest BCUT2D eigenvalue weighted by atomic mass is 16.3. The zero-order chi connectivity index (χ0) is 22.0. The Hall–Kier alpha value is -3.46. The Balaban J connectivity index is 1.98. The smallest absolute Gasteiger partial charge is 0.227 e. The average Bonchev–Trinajstić information content (AvgIpc) is 3.15. The van der Waals surface area contributed by atoms with Gasteiger partial charge >= 0.3 is 0 Å². The molecule has 0 radical (unpaired) electrons. The zero-order valence-corrected chi connectivity index (χ0v) is 18.8. The lowest BCUT2D eigenvalue weighted by Gasteiger charge is -2.14. The van der Waals surface area contributed by atoms with Gasteiger partial charge in [0.15, 0.2) is 0 Å². The highest BCUT2D eigenvalue weighted by molar-refractivity contribution is 6.10. The number of pyridine rings is 1.